The van der Waals surface area contributed by atoms with E-state index >= 15 is 0 Å². The van der Waals surface area contributed by atoms with Gasteiger partial charge in [0, 0.05) is 18.6 Å². The first-order valence-electron chi connectivity index (χ1n) is 5.60. The predicted octanol–water partition coefficient (Wildman–Crippen LogP) is 1.60. The van der Waals surface area contributed by atoms with Crippen molar-refractivity contribution in [1.29, 1.82) is 0 Å². The minimum absolute atomic E-state index is 0. The van der Waals surface area contributed by atoms with Crippen LogP contribution in [0.25, 0.3) is 0 Å². The van der Waals surface area contributed by atoms with Gasteiger partial charge in [0.15, 0.2) is 4.80 Å². The number of hydrogen-bond donors (Lipinski definition) is 1. The molecule has 1 aromatic heterocycles. The van der Waals surface area contributed by atoms with Gasteiger partial charge in [0.25, 0.3) is 5.91 Å². The average Bonchev–Trinajstić information content (AvgIpc) is 2.65. The van der Waals surface area contributed by atoms with Crippen molar-refractivity contribution in [2.24, 2.45) is 17.8 Å². The molecule has 0 bridgehead atoms. The summed E-state index contributed by atoms with van der Waals surface area (Å²) in [7, 11) is 1.88. The molecule has 6 heteroatoms. The Labute approximate surface area is 111 Å². The molecule has 0 aromatic carbocycles. The number of thiazole rings is 1. The van der Waals surface area contributed by atoms with Crippen LogP contribution in [0.2, 0.25) is 0 Å². The molecule has 0 atom stereocenters. The highest BCUT2D eigenvalue weighted by molar-refractivity contribution is 7.07. The Hall–Kier alpha value is -0.650. The van der Waals surface area contributed by atoms with Crippen LogP contribution in [-0.2, 0) is 11.8 Å². The van der Waals surface area contributed by atoms with Crippen molar-refractivity contribution in [2.75, 3.05) is 0 Å². The van der Waals surface area contributed by atoms with Crippen LogP contribution in [0.4, 0.5) is 0 Å². The van der Waals surface area contributed by atoms with E-state index in [-0.39, 0.29) is 18.3 Å². The number of aryl methyl sites for hydroxylation is 1. The Bertz CT molecular complexity index is 446. The van der Waals surface area contributed by atoms with Crippen LogP contribution >= 0.6 is 23.7 Å². The lowest BCUT2D eigenvalue weighted by molar-refractivity contribution is -0.124. The lowest BCUT2D eigenvalue weighted by atomic mass is 9.82. The fourth-order valence-electron chi connectivity index (χ4n) is 2.03. The number of halogens is 1. The number of nitrogens with two attached hydrogens (primary N) is 1. The summed E-state index contributed by atoms with van der Waals surface area (Å²) in [4.78, 5) is 16.9. The van der Waals surface area contributed by atoms with Gasteiger partial charge in [-0.15, -0.1) is 23.7 Å². The molecule has 17 heavy (non-hydrogen) atoms. The number of hydrogen-bond acceptors (Lipinski definition) is 3. The highest BCUT2D eigenvalue weighted by Crippen LogP contribution is 2.26. The minimum atomic E-state index is -0.713. The van der Waals surface area contributed by atoms with E-state index in [0.29, 0.717) is 0 Å². The summed E-state index contributed by atoms with van der Waals surface area (Å²) < 4.78 is 1.84. The maximum atomic E-state index is 12.0. The van der Waals surface area contributed by atoms with E-state index in [2.05, 4.69) is 4.99 Å². The van der Waals surface area contributed by atoms with Gasteiger partial charge in [-0.1, -0.05) is 19.3 Å². The van der Waals surface area contributed by atoms with E-state index in [1.54, 1.807) is 0 Å². The number of rotatable bonds is 1. The standard InChI is InChI=1S/C11H17N3OS.ClH/c1-14-7-8-16-10(14)13-9(15)11(12)5-3-2-4-6-11;/h7-8H,2-6,12H2,1H3;1H. The molecule has 96 valence electrons. The average molecular weight is 276 g/mol. The third-order valence-corrected chi connectivity index (χ3v) is 3.98. The smallest absolute Gasteiger partial charge is 0.268 e. The van der Waals surface area contributed by atoms with Crippen LogP contribution in [0.15, 0.2) is 16.6 Å². The summed E-state index contributed by atoms with van der Waals surface area (Å²) in [5.74, 6) is -0.162. The van der Waals surface area contributed by atoms with Gasteiger partial charge in [-0.3, -0.25) is 4.79 Å². The molecule has 1 heterocycles. The molecule has 1 fully saturated rings. The number of amides is 1. The summed E-state index contributed by atoms with van der Waals surface area (Å²) in [6, 6.07) is 0. The molecule has 1 saturated carbocycles. The van der Waals surface area contributed by atoms with Gasteiger partial charge in [0.05, 0.1) is 5.54 Å². The lowest BCUT2D eigenvalue weighted by Gasteiger charge is -2.29. The molecule has 1 aliphatic carbocycles. The van der Waals surface area contributed by atoms with Gasteiger partial charge >= 0.3 is 0 Å². The summed E-state index contributed by atoms with van der Waals surface area (Å²) in [5, 5.41) is 1.91. The largest absolute Gasteiger partial charge is 0.327 e. The molecule has 1 amide bonds. The molecule has 2 N–H and O–H groups in total. The van der Waals surface area contributed by atoms with E-state index in [1.165, 1.54) is 17.8 Å². The molecule has 0 spiro atoms. The molecule has 1 aromatic rings. The molecule has 0 aliphatic heterocycles. The first-order chi connectivity index (χ1) is 7.62. The second-order valence-corrected chi connectivity index (χ2v) is 5.30. The molecule has 1 aliphatic rings. The highest BCUT2D eigenvalue weighted by Gasteiger charge is 2.35. The van der Waals surface area contributed by atoms with Gasteiger partial charge in [-0.2, -0.15) is 4.99 Å². The second-order valence-electron chi connectivity index (χ2n) is 4.43. The third kappa shape index (κ3) is 3.18. The molecule has 0 saturated heterocycles. The van der Waals surface area contributed by atoms with Crippen LogP contribution < -0.4 is 10.5 Å². The number of carbonyl (C=O) groups is 1. The fraction of sp³-hybridized carbons (Fsp3) is 0.636. The number of carbonyl (C=O) groups excluding carboxylic acids is 1. The predicted molar refractivity (Wildman–Crippen MR) is 71.1 cm³/mol. The first-order valence-corrected chi connectivity index (χ1v) is 6.48. The highest BCUT2D eigenvalue weighted by atomic mass is 35.5. The Morgan fingerprint density at radius 3 is 2.65 bits per heavy atom. The van der Waals surface area contributed by atoms with Crippen LogP contribution in [0.5, 0.6) is 0 Å². The number of aromatic nitrogens is 1. The zero-order valence-corrected chi connectivity index (χ0v) is 11.5. The Balaban J connectivity index is 0.00000144. The SMILES string of the molecule is Cl.Cn1ccsc1=NC(=O)C1(N)CCCCC1. The van der Waals surface area contributed by atoms with E-state index in [0.717, 1.165) is 30.5 Å². The summed E-state index contributed by atoms with van der Waals surface area (Å²) in [5.41, 5.74) is 5.41. The van der Waals surface area contributed by atoms with E-state index < -0.39 is 5.54 Å². The van der Waals surface area contributed by atoms with Crippen LogP contribution in [-0.4, -0.2) is 16.0 Å². The molecular weight excluding hydrogens is 258 g/mol. The van der Waals surface area contributed by atoms with Gasteiger partial charge in [0.1, 0.15) is 0 Å². The van der Waals surface area contributed by atoms with Gasteiger partial charge in [0.2, 0.25) is 0 Å². The van der Waals surface area contributed by atoms with E-state index in [9.17, 15) is 4.79 Å². The summed E-state index contributed by atoms with van der Waals surface area (Å²) in [6.45, 7) is 0. The monoisotopic (exact) mass is 275 g/mol. The van der Waals surface area contributed by atoms with Crippen molar-refractivity contribution in [3.8, 4) is 0 Å². The molecule has 0 unspecified atom stereocenters. The maximum Gasteiger partial charge on any atom is 0.268 e. The maximum absolute atomic E-state index is 12.0. The van der Waals surface area contributed by atoms with Crippen molar-refractivity contribution in [3.05, 3.63) is 16.4 Å². The van der Waals surface area contributed by atoms with Crippen molar-refractivity contribution < 1.29 is 4.79 Å². The normalized spacial score (nSPS) is 19.8. The quantitative estimate of drug-likeness (QED) is 0.846. The van der Waals surface area contributed by atoms with Crippen LogP contribution in [0.3, 0.4) is 0 Å². The fourth-order valence-corrected chi connectivity index (χ4v) is 2.76. The molecular formula is C11H18ClN3OS. The van der Waals surface area contributed by atoms with E-state index in [4.69, 9.17) is 5.73 Å². The lowest BCUT2D eigenvalue weighted by Crippen LogP contribution is -2.49. The molecule has 2 rings (SSSR count). The van der Waals surface area contributed by atoms with Gasteiger partial charge in [-0.25, -0.2) is 0 Å². The summed E-state index contributed by atoms with van der Waals surface area (Å²) >= 11 is 1.46. The first kappa shape index (κ1) is 14.4. The van der Waals surface area contributed by atoms with Crippen molar-refractivity contribution >= 4 is 29.7 Å². The van der Waals surface area contributed by atoms with Crippen molar-refractivity contribution in [2.45, 2.75) is 37.6 Å². The number of nitrogens with zero attached hydrogens (tertiary/aromatic N) is 2. The van der Waals surface area contributed by atoms with Crippen molar-refractivity contribution in [3.63, 3.8) is 0 Å². The molecule has 4 nitrogen and oxygen atoms in total. The second kappa shape index (κ2) is 5.80. The minimum Gasteiger partial charge on any atom is -0.327 e. The third-order valence-electron chi connectivity index (χ3n) is 3.13. The zero-order chi connectivity index (χ0) is 11.6. The van der Waals surface area contributed by atoms with Gasteiger partial charge in [-0.05, 0) is 12.8 Å². The van der Waals surface area contributed by atoms with Crippen molar-refractivity contribution in [1.82, 2.24) is 4.57 Å². The zero-order valence-electron chi connectivity index (χ0n) is 9.89. The summed E-state index contributed by atoms with van der Waals surface area (Å²) in [6.07, 6.45) is 6.68. The Morgan fingerprint density at radius 2 is 2.12 bits per heavy atom. The van der Waals surface area contributed by atoms with E-state index in [1.807, 2.05) is 23.2 Å². The van der Waals surface area contributed by atoms with Gasteiger partial charge < -0.3 is 10.3 Å². The topological polar surface area (TPSA) is 60.4 Å². The Kier molecular flexibility index (Phi) is 4.91. The molecule has 0 radical (unpaired) electrons. The Morgan fingerprint density at radius 1 is 1.47 bits per heavy atom. The van der Waals surface area contributed by atoms with Crippen LogP contribution in [0.1, 0.15) is 32.1 Å². The van der Waals surface area contributed by atoms with Crippen LogP contribution in [0, 0.1) is 0 Å².